The van der Waals surface area contributed by atoms with Gasteiger partial charge in [0.25, 0.3) is 0 Å². The fourth-order valence-corrected chi connectivity index (χ4v) is 5.61. The lowest BCUT2D eigenvalue weighted by Gasteiger charge is -2.28. The molecule has 29 heavy (non-hydrogen) atoms. The van der Waals surface area contributed by atoms with E-state index < -0.39 is 0 Å². The van der Waals surface area contributed by atoms with E-state index in [9.17, 15) is 4.39 Å². The van der Waals surface area contributed by atoms with Crippen molar-refractivity contribution in [3.05, 3.63) is 60.2 Å². The van der Waals surface area contributed by atoms with Crippen molar-refractivity contribution < 1.29 is 4.39 Å². The summed E-state index contributed by atoms with van der Waals surface area (Å²) in [7, 11) is 0. The molecule has 0 spiro atoms. The van der Waals surface area contributed by atoms with Crippen molar-refractivity contribution in [2.45, 2.75) is 32.1 Å². The predicted octanol–water partition coefficient (Wildman–Crippen LogP) is 5.35. The van der Waals surface area contributed by atoms with Crippen molar-refractivity contribution >= 4 is 11.9 Å². The summed E-state index contributed by atoms with van der Waals surface area (Å²) in [6.45, 7) is 1.90. The van der Waals surface area contributed by atoms with Gasteiger partial charge in [-0.3, -0.25) is 9.98 Å². The number of hydrogen-bond acceptors (Lipinski definition) is 3. The lowest BCUT2D eigenvalue weighted by atomic mass is 9.77. The number of rotatable bonds is 4. The molecule has 2 fully saturated rings. The number of aromatic nitrogens is 1. The highest BCUT2D eigenvalue weighted by Crippen LogP contribution is 2.50. The Balaban J connectivity index is 1.36. The minimum atomic E-state index is -0.218. The molecule has 0 saturated heterocycles. The van der Waals surface area contributed by atoms with E-state index in [1.807, 2.05) is 24.4 Å². The monoisotopic (exact) mass is 389 g/mol. The van der Waals surface area contributed by atoms with Crippen LogP contribution >= 0.6 is 0 Å². The van der Waals surface area contributed by atoms with Gasteiger partial charge in [-0.2, -0.15) is 0 Å². The van der Waals surface area contributed by atoms with E-state index in [1.165, 1.54) is 44.0 Å². The van der Waals surface area contributed by atoms with E-state index in [2.05, 4.69) is 22.5 Å². The zero-order chi connectivity index (χ0) is 19.6. The van der Waals surface area contributed by atoms with Crippen LogP contribution in [-0.4, -0.2) is 23.9 Å². The Labute approximate surface area is 172 Å². The summed E-state index contributed by atoms with van der Waals surface area (Å²) in [5.41, 5.74) is 2.76. The number of allylic oxidation sites excluding steroid dienone is 1. The second-order valence-corrected chi connectivity index (χ2v) is 8.66. The summed E-state index contributed by atoms with van der Waals surface area (Å²) in [6, 6.07) is 10.7. The minimum absolute atomic E-state index is 0.218. The fraction of sp³-hybridized carbons (Fsp3) is 0.440. The Morgan fingerprint density at radius 2 is 2.00 bits per heavy atom. The zero-order valence-corrected chi connectivity index (χ0v) is 16.7. The molecule has 0 amide bonds. The van der Waals surface area contributed by atoms with Crippen LogP contribution in [-0.2, 0) is 0 Å². The van der Waals surface area contributed by atoms with Crippen molar-refractivity contribution in [3.63, 3.8) is 0 Å². The molecular formula is C25H28FN3. The normalized spacial score (nSPS) is 28.9. The first-order valence-electron chi connectivity index (χ1n) is 11.0. The highest BCUT2D eigenvalue weighted by Gasteiger charge is 2.44. The molecular weight excluding hydrogens is 361 g/mol. The Morgan fingerprint density at radius 1 is 1.07 bits per heavy atom. The first kappa shape index (κ1) is 18.5. The quantitative estimate of drug-likeness (QED) is 0.766. The first-order valence-corrected chi connectivity index (χ1v) is 11.0. The molecule has 1 aliphatic heterocycles. The average Bonchev–Trinajstić information content (AvgIpc) is 3.40. The van der Waals surface area contributed by atoms with Gasteiger partial charge in [0.05, 0.1) is 12.2 Å². The van der Waals surface area contributed by atoms with Crippen molar-refractivity contribution in [1.29, 1.82) is 0 Å². The summed E-state index contributed by atoms with van der Waals surface area (Å²) >= 11 is 0. The molecule has 150 valence electrons. The van der Waals surface area contributed by atoms with Gasteiger partial charge in [0.1, 0.15) is 11.7 Å². The van der Waals surface area contributed by atoms with Gasteiger partial charge in [-0.05, 0) is 60.4 Å². The number of aliphatic imine (C=N–C) groups is 1. The number of nitrogens with zero attached hydrogens (tertiary/aromatic N) is 2. The van der Waals surface area contributed by atoms with Crippen LogP contribution in [0.4, 0.5) is 4.39 Å². The molecule has 2 aromatic rings. The molecule has 5 rings (SSSR count). The van der Waals surface area contributed by atoms with Gasteiger partial charge in [-0.1, -0.05) is 43.5 Å². The van der Waals surface area contributed by atoms with Crippen LogP contribution in [0.15, 0.2) is 53.7 Å². The number of amidine groups is 1. The maximum absolute atomic E-state index is 13.5. The van der Waals surface area contributed by atoms with Crippen molar-refractivity contribution in [1.82, 2.24) is 10.3 Å². The zero-order valence-electron chi connectivity index (χ0n) is 16.7. The lowest BCUT2D eigenvalue weighted by Crippen LogP contribution is -2.30. The number of nitrogens with one attached hydrogen (secondary N) is 1. The highest BCUT2D eigenvalue weighted by atomic mass is 19.1. The number of pyridine rings is 1. The molecule has 3 nitrogen and oxygen atoms in total. The van der Waals surface area contributed by atoms with Gasteiger partial charge in [0.2, 0.25) is 0 Å². The number of fused-ring (bicyclic) bond motifs is 1. The third-order valence-electron chi connectivity index (χ3n) is 6.97. The third kappa shape index (κ3) is 3.85. The van der Waals surface area contributed by atoms with E-state index in [0.29, 0.717) is 11.8 Å². The molecule has 3 aliphatic rings. The van der Waals surface area contributed by atoms with Crippen LogP contribution in [0.3, 0.4) is 0 Å². The van der Waals surface area contributed by atoms with Gasteiger partial charge in [0.15, 0.2) is 0 Å². The minimum Gasteiger partial charge on any atom is -0.372 e. The lowest BCUT2D eigenvalue weighted by molar-refractivity contribution is 0.249. The summed E-state index contributed by atoms with van der Waals surface area (Å²) in [6.07, 6.45) is 13.2. The Kier molecular flexibility index (Phi) is 5.17. The average molecular weight is 390 g/mol. The van der Waals surface area contributed by atoms with E-state index in [4.69, 9.17) is 4.99 Å². The molecule has 2 heterocycles. The van der Waals surface area contributed by atoms with Crippen LogP contribution in [0.1, 0.15) is 37.8 Å². The largest absolute Gasteiger partial charge is 0.372 e. The molecule has 0 unspecified atom stereocenters. The molecule has 4 atom stereocenters. The van der Waals surface area contributed by atoms with Gasteiger partial charge >= 0.3 is 0 Å². The maximum atomic E-state index is 13.5. The summed E-state index contributed by atoms with van der Waals surface area (Å²) in [5.74, 6) is 3.73. The molecule has 1 aromatic carbocycles. The molecule has 0 bridgehead atoms. The van der Waals surface area contributed by atoms with Gasteiger partial charge in [-0.15, -0.1) is 0 Å². The van der Waals surface area contributed by atoms with E-state index in [0.717, 1.165) is 41.7 Å². The molecule has 4 heteroatoms. The first-order chi connectivity index (χ1) is 14.3. The highest BCUT2D eigenvalue weighted by molar-refractivity contribution is 5.87. The predicted molar refractivity (Wildman–Crippen MR) is 116 cm³/mol. The van der Waals surface area contributed by atoms with Crippen LogP contribution in [0.2, 0.25) is 0 Å². The molecule has 2 aliphatic carbocycles. The SMILES string of the molecule is Fc1cccc(-c2ccc(C=C[C@H]3[C@@H]4CCCC[C@@H]4C[C@@H]3C3=NCCN3)nc2)c1. The Hall–Kier alpha value is -2.49. The molecule has 1 N–H and O–H groups in total. The summed E-state index contributed by atoms with van der Waals surface area (Å²) in [4.78, 5) is 9.38. The van der Waals surface area contributed by atoms with Crippen LogP contribution in [0.25, 0.3) is 17.2 Å². The van der Waals surface area contributed by atoms with Gasteiger partial charge in [0, 0.05) is 24.2 Å². The molecule has 2 saturated carbocycles. The van der Waals surface area contributed by atoms with Crippen LogP contribution in [0.5, 0.6) is 0 Å². The van der Waals surface area contributed by atoms with E-state index in [1.54, 1.807) is 12.1 Å². The summed E-state index contributed by atoms with van der Waals surface area (Å²) in [5, 5.41) is 3.54. The van der Waals surface area contributed by atoms with Crippen LogP contribution < -0.4 is 5.32 Å². The smallest absolute Gasteiger partial charge is 0.123 e. The summed E-state index contributed by atoms with van der Waals surface area (Å²) < 4.78 is 13.5. The van der Waals surface area contributed by atoms with Crippen molar-refractivity contribution in [2.75, 3.05) is 13.1 Å². The number of halogens is 1. The Bertz CT molecular complexity index is 918. The number of benzene rings is 1. The van der Waals surface area contributed by atoms with Crippen molar-refractivity contribution in [3.8, 4) is 11.1 Å². The molecule has 0 radical (unpaired) electrons. The standard InChI is InChI=1S/C25H28FN3/c26-20-6-3-5-17(14-20)19-8-9-21(29-16-19)10-11-23-22-7-2-1-4-18(22)15-24(23)25-27-12-13-28-25/h3,5-6,8-11,14,16,18,22-24H,1-2,4,7,12-13,15H2,(H,27,28)/t18-,22-,23+,24+/m1/s1. The Morgan fingerprint density at radius 3 is 2.79 bits per heavy atom. The fourth-order valence-electron chi connectivity index (χ4n) is 5.61. The second-order valence-electron chi connectivity index (χ2n) is 8.66. The van der Waals surface area contributed by atoms with Gasteiger partial charge < -0.3 is 5.32 Å². The van der Waals surface area contributed by atoms with Crippen molar-refractivity contribution in [2.24, 2.45) is 28.7 Å². The number of hydrogen-bond donors (Lipinski definition) is 1. The second kappa shape index (κ2) is 8.10. The topological polar surface area (TPSA) is 37.3 Å². The third-order valence-corrected chi connectivity index (χ3v) is 6.97. The molecule has 1 aromatic heterocycles. The maximum Gasteiger partial charge on any atom is 0.123 e. The van der Waals surface area contributed by atoms with Gasteiger partial charge in [-0.25, -0.2) is 4.39 Å². The van der Waals surface area contributed by atoms with E-state index in [-0.39, 0.29) is 5.82 Å². The van der Waals surface area contributed by atoms with Crippen LogP contribution in [0, 0.1) is 29.5 Å². The van der Waals surface area contributed by atoms with E-state index >= 15 is 0 Å².